The zero-order chi connectivity index (χ0) is 13.8. The number of hydrogen-bond acceptors (Lipinski definition) is 5. The molecule has 1 aromatic heterocycles. The third-order valence-corrected chi connectivity index (χ3v) is 5.31. The zero-order valence-corrected chi connectivity index (χ0v) is 12.9. The van der Waals surface area contributed by atoms with Crippen molar-refractivity contribution in [2.45, 2.75) is 29.5 Å². The van der Waals surface area contributed by atoms with Gasteiger partial charge in [0.2, 0.25) is 0 Å². The molecule has 0 amide bonds. The summed E-state index contributed by atoms with van der Waals surface area (Å²) >= 11 is 3.36. The number of nitrogens with two attached hydrogens (primary N) is 1. The van der Waals surface area contributed by atoms with Gasteiger partial charge in [0.25, 0.3) is 0 Å². The summed E-state index contributed by atoms with van der Waals surface area (Å²) in [6, 6.07) is 8.05. The van der Waals surface area contributed by atoms with Gasteiger partial charge in [0.15, 0.2) is 4.34 Å². The molecular weight excluding hydrogens is 276 g/mol. The minimum absolute atomic E-state index is 0.0190. The minimum Gasteiger partial charge on any atom is -0.496 e. The molecule has 1 aromatic carbocycles. The Balaban J connectivity index is 2.29. The maximum Gasteiger partial charge on any atom is 0.150 e. The number of aromatic nitrogens is 1. The second kappa shape index (κ2) is 6.41. The first-order chi connectivity index (χ1) is 9.11. The van der Waals surface area contributed by atoms with Crippen LogP contribution in [-0.4, -0.2) is 18.1 Å². The molecule has 2 aromatic rings. The van der Waals surface area contributed by atoms with Crippen molar-refractivity contribution < 1.29 is 4.74 Å². The summed E-state index contributed by atoms with van der Waals surface area (Å²) in [5.41, 5.74) is 8.32. The van der Waals surface area contributed by atoms with E-state index in [2.05, 4.69) is 16.4 Å². The highest BCUT2D eigenvalue weighted by Crippen LogP contribution is 2.41. The Morgan fingerprint density at radius 1 is 1.37 bits per heavy atom. The minimum atomic E-state index is 0.0190. The summed E-state index contributed by atoms with van der Waals surface area (Å²) in [6.07, 6.45) is 0. The largest absolute Gasteiger partial charge is 0.496 e. The van der Waals surface area contributed by atoms with Crippen LogP contribution in [0.3, 0.4) is 0 Å². The molecule has 5 heteroatoms. The molecule has 102 valence electrons. The van der Waals surface area contributed by atoms with Crippen LogP contribution < -0.4 is 10.5 Å². The molecule has 2 atom stereocenters. The molecule has 19 heavy (non-hydrogen) atoms. The summed E-state index contributed by atoms with van der Waals surface area (Å²) < 4.78 is 6.48. The SMILES string of the molecule is COc1ccccc1C(Sc1nc(C)cs1)C(C)N. The predicted octanol–water partition coefficient (Wildman–Crippen LogP) is 3.64. The highest BCUT2D eigenvalue weighted by atomic mass is 32.2. The Labute approximate surface area is 122 Å². The molecule has 0 saturated carbocycles. The van der Waals surface area contributed by atoms with E-state index in [0.29, 0.717) is 0 Å². The lowest BCUT2D eigenvalue weighted by atomic mass is 10.1. The van der Waals surface area contributed by atoms with Gasteiger partial charge in [0.05, 0.1) is 12.4 Å². The summed E-state index contributed by atoms with van der Waals surface area (Å²) in [5.74, 6) is 0.880. The van der Waals surface area contributed by atoms with Crippen LogP contribution in [0, 0.1) is 6.92 Å². The quantitative estimate of drug-likeness (QED) is 0.855. The fraction of sp³-hybridized carbons (Fsp3) is 0.357. The van der Waals surface area contributed by atoms with Gasteiger partial charge in [0.1, 0.15) is 5.75 Å². The Morgan fingerprint density at radius 2 is 2.11 bits per heavy atom. The van der Waals surface area contributed by atoms with Crippen LogP contribution in [0.4, 0.5) is 0 Å². The topological polar surface area (TPSA) is 48.1 Å². The maximum absolute atomic E-state index is 6.15. The second-order valence-electron chi connectivity index (χ2n) is 4.39. The van der Waals surface area contributed by atoms with Gasteiger partial charge in [-0.25, -0.2) is 4.98 Å². The van der Waals surface area contributed by atoms with Crippen LogP contribution in [-0.2, 0) is 0 Å². The molecule has 0 radical (unpaired) electrons. The van der Waals surface area contributed by atoms with Gasteiger partial charge in [0, 0.05) is 22.7 Å². The van der Waals surface area contributed by atoms with Gasteiger partial charge in [-0.1, -0.05) is 30.0 Å². The zero-order valence-electron chi connectivity index (χ0n) is 11.3. The van der Waals surface area contributed by atoms with E-state index < -0.39 is 0 Å². The van der Waals surface area contributed by atoms with Crippen molar-refractivity contribution in [3.8, 4) is 5.75 Å². The molecule has 0 fully saturated rings. The summed E-state index contributed by atoms with van der Waals surface area (Å²) in [4.78, 5) is 4.50. The van der Waals surface area contributed by atoms with Crippen molar-refractivity contribution in [3.05, 3.63) is 40.9 Å². The van der Waals surface area contributed by atoms with Crippen LogP contribution in [0.5, 0.6) is 5.75 Å². The summed E-state index contributed by atoms with van der Waals surface area (Å²) in [5, 5.41) is 2.20. The summed E-state index contributed by atoms with van der Waals surface area (Å²) in [7, 11) is 1.69. The van der Waals surface area contributed by atoms with E-state index in [1.165, 1.54) is 0 Å². The Bertz CT molecular complexity index is 540. The van der Waals surface area contributed by atoms with Crippen molar-refractivity contribution in [1.82, 2.24) is 4.98 Å². The molecule has 0 aliphatic heterocycles. The van der Waals surface area contributed by atoms with E-state index in [1.807, 2.05) is 32.0 Å². The van der Waals surface area contributed by atoms with Gasteiger partial charge < -0.3 is 10.5 Å². The molecular formula is C14H18N2OS2. The number of para-hydroxylation sites is 1. The van der Waals surface area contributed by atoms with Crippen molar-refractivity contribution in [1.29, 1.82) is 0 Å². The first kappa shape index (κ1) is 14.4. The Hall–Kier alpha value is -1.04. The molecule has 3 nitrogen and oxygen atoms in total. The number of nitrogens with zero attached hydrogens (tertiary/aromatic N) is 1. The van der Waals surface area contributed by atoms with Crippen molar-refractivity contribution in [2.24, 2.45) is 5.73 Å². The van der Waals surface area contributed by atoms with E-state index in [1.54, 1.807) is 30.2 Å². The first-order valence-electron chi connectivity index (χ1n) is 6.09. The van der Waals surface area contributed by atoms with Crippen LogP contribution in [0.15, 0.2) is 34.0 Å². The molecule has 0 saturated heterocycles. The van der Waals surface area contributed by atoms with Crippen LogP contribution >= 0.6 is 23.1 Å². The standard InChI is InChI=1S/C14H18N2OS2/c1-9-8-18-14(16-9)19-13(10(2)15)11-6-4-5-7-12(11)17-3/h4-8,10,13H,15H2,1-3H3. The Morgan fingerprint density at radius 3 is 2.68 bits per heavy atom. The lowest BCUT2D eigenvalue weighted by Crippen LogP contribution is -2.23. The van der Waals surface area contributed by atoms with Gasteiger partial charge in [-0.05, 0) is 19.9 Å². The van der Waals surface area contributed by atoms with E-state index in [4.69, 9.17) is 10.5 Å². The maximum atomic E-state index is 6.15. The number of ether oxygens (including phenoxy) is 1. The van der Waals surface area contributed by atoms with Crippen LogP contribution in [0.25, 0.3) is 0 Å². The van der Waals surface area contributed by atoms with Crippen LogP contribution in [0.2, 0.25) is 0 Å². The number of rotatable bonds is 5. The first-order valence-corrected chi connectivity index (χ1v) is 7.85. The van der Waals surface area contributed by atoms with E-state index >= 15 is 0 Å². The molecule has 0 aliphatic rings. The molecule has 2 rings (SSSR count). The second-order valence-corrected chi connectivity index (χ2v) is 6.64. The number of methoxy groups -OCH3 is 1. The molecule has 2 unspecified atom stereocenters. The van der Waals surface area contributed by atoms with Crippen LogP contribution in [0.1, 0.15) is 23.4 Å². The third kappa shape index (κ3) is 3.49. The molecule has 0 spiro atoms. The van der Waals surface area contributed by atoms with Crippen molar-refractivity contribution in [2.75, 3.05) is 7.11 Å². The van der Waals surface area contributed by atoms with Gasteiger partial charge in [-0.2, -0.15) is 0 Å². The van der Waals surface area contributed by atoms with E-state index in [0.717, 1.165) is 21.3 Å². The fourth-order valence-corrected chi connectivity index (χ4v) is 4.00. The Kier molecular flexibility index (Phi) is 4.85. The van der Waals surface area contributed by atoms with E-state index in [9.17, 15) is 0 Å². The average Bonchev–Trinajstić information content (AvgIpc) is 2.81. The monoisotopic (exact) mass is 294 g/mol. The molecule has 1 heterocycles. The average molecular weight is 294 g/mol. The normalized spacial score (nSPS) is 14.1. The highest BCUT2D eigenvalue weighted by Gasteiger charge is 2.22. The van der Waals surface area contributed by atoms with Gasteiger partial charge in [-0.15, -0.1) is 11.3 Å². The number of thiazole rings is 1. The van der Waals surface area contributed by atoms with Crippen molar-refractivity contribution in [3.63, 3.8) is 0 Å². The number of hydrogen-bond donors (Lipinski definition) is 1. The van der Waals surface area contributed by atoms with Gasteiger partial charge in [-0.3, -0.25) is 0 Å². The van der Waals surface area contributed by atoms with Gasteiger partial charge >= 0.3 is 0 Å². The number of thioether (sulfide) groups is 1. The smallest absolute Gasteiger partial charge is 0.150 e. The summed E-state index contributed by atoms with van der Waals surface area (Å²) in [6.45, 7) is 4.02. The highest BCUT2D eigenvalue weighted by molar-refractivity contribution is 8.01. The third-order valence-electron chi connectivity index (χ3n) is 2.75. The molecule has 2 N–H and O–H groups in total. The molecule has 0 bridgehead atoms. The lowest BCUT2D eigenvalue weighted by molar-refractivity contribution is 0.408. The number of aryl methyl sites for hydroxylation is 1. The fourth-order valence-electron chi connectivity index (χ4n) is 1.85. The number of benzene rings is 1. The van der Waals surface area contributed by atoms with E-state index in [-0.39, 0.29) is 11.3 Å². The molecule has 0 aliphatic carbocycles. The predicted molar refractivity (Wildman–Crippen MR) is 82.1 cm³/mol. The van der Waals surface area contributed by atoms with Crippen molar-refractivity contribution >= 4 is 23.1 Å². The lowest BCUT2D eigenvalue weighted by Gasteiger charge is -2.21.